The van der Waals surface area contributed by atoms with Crippen molar-refractivity contribution in [1.82, 2.24) is 10.6 Å². The molecule has 0 aliphatic carbocycles. The Labute approximate surface area is 196 Å². The van der Waals surface area contributed by atoms with E-state index in [1.165, 1.54) is 26.0 Å². The standard InChI is InChI=1S/C24H26N2O8/c1-15(2)21(27)31-13-11-25-23(29)33-19-9-10-20(18-8-6-5-7-17(18)19)34-24(30)26-12-14-32-22(28)16(3)4/h5-10H,1,3,11-14H2,2,4H3,(H,25,29)(H,26,30). The lowest BCUT2D eigenvalue weighted by Crippen LogP contribution is -2.31. The Hall–Kier alpha value is -4.34. The first-order chi connectivity index (χ1) is 16.2. The van der Waals surface area contributed by atoms with Crippen LogP contribution in [0, 0.1) is 0 Å². The molecular weight excluding hydrogens is 444 g/mol. The minimum absolute atomic E-state index is 0.0319. The second-order valence-corrected chi connectivity index (χ2v) is 7.07. The lowest BCUT2D eigenvalue weighted by molar-refractivity contribution is -0.139. The fourth-order valence-corrected chi connectivity index (χ4v) is 2.53. The molecule has 0 bridgehead atoms. The van der Waals surface area contributed by atoms with E-state index < -0.39 is 24.1 Å². The van der Waals surface area contributed by atoms with Gasteiger partial charge in [-0.15, -0.1) is 0 Å². The Kier molecular flexibility index (Phi) is 9.63. The van der Waals surface area contributed by atoms with Gasteiger partial charge >= 0.3 is 24.1 Å². The number of carbonyl (C=O) groups excluding carboxylic acids is 4. The van der Waals surface area contributed by atoms with Crippen LogP contribution in [0.15, 0.2) is 60.7 Å². The van der Waals surface area contributed by atoms with Crippen LogP contribution in [0.2, 0.25) is 0 Å². The largest absolute Gasteiger partial charge is 0.460 e. The van der Waals surface area contributed by atoms with Crippen molar-refractivity contribution in [1.29, 1.82) is 0 Å². The first-order valence-corrected chi connectivity index (χ1v) is 10.3. The molecule has 0 aliphatic heterocycles. The molecule has 0 atom stereocenters. The average Bonchev–Trinajstić information content (AvgIpc) is 2.80. The molecule has 0 aliphatic rings. The molecule has 34 heavy (non-hydrogen) atoms. The van der Waals surface area contributed by atoms with Gasteiger partial charge in [-0.05, 0) is 26.0 Å². The predicted molar refractivity (Wildman–Crippen MR) is 124 cm³/mol. The maximum atomic E-state index is 12.1. The maximum Gasteiger partial charge on any atom is 0.412 e. The van der Waals surface area contributed by atoms with Crippen molar-refractivity contribution in [3.05, 3.63) is 60.7 Å². The normalized spacial score (nSPS) is 10.1. The van der Waals surface area contributed by atoms with Crippen molar-refractivity contribution in [2.45, 2.75) is 13.8 Å². The molecule has 0 spiro atoms. The van der Waals surface area contributed by atoms with Crippen molar-refractivity contribution in [2.24, 2.45) is 0 Å². The lowest BCUT2D eigenvalue weighted by atomic mass is 10.1. The van der Waals surface area contributed by atoms with Gasteiger partial charge in [-0.3, -0.25) is 0 Å². The van der Waals surface area contributed by atoms with Crippen LogP contribution in [0.25, 0.3) is 10.8 Å². The number of amides is 2. The van der Waals surface area contributed by atoms with Crippen molar-refractivity contribution < 1.29 is 38.1 Å². The lowest BCUT2D eigenvalue weighted by Gasteiger charge is -2.13. The molecule has 2 aromatic rings. The molecule has 2 amide bonds. The van der Waals surface area contributed by atoms with E-state index in [1.54, 1.807) is 24.3 Å². The summed E-state index contributed by atoms with van der Waals surface area (Å²) in [5.41, 5.74) is 0.521. The van der Waals surface area contributed by atoms with Crippen LogP contribution in [0.1, 0.15) is 13.8 Å². The van der Waals surface area contributed by atoms with Crippen molar-refractivity contribution in [2.75, 3.05) is 26.3 Å². The van der Waals surface area contributed by atoms with Crippen LogP contribution >= 0.6 is 0 Å². The highest BCUT2D eigenvalue weighted by Crippen LogP contribution is 2.33. The second kappa shape index (κ2) is 12.6. The minimum Gasteiger partial charge on any atom is -0.460 e. The predicted octanol–water partition coefficient (Wildman–Crippen LogP) is 3.26. The third-order valence-electron chi connectivity index (χ3n) is 4.16. The molecule has 0 saturated heterocycles. The molecule has 2 rings (SSSR count). The van der Waals surface area contributed by atoms with Gasteiger partial charge in [0.1, 0.15) is 24.7 Å². The van der Waals surface area contributed by atoms with Crippen molar-refractivity contribution in [3.8, 4) is 11.5 Å². The van der Waals surface area contributed by atoms with Gasteiger partial charge in [0.2, 0.25) is 0 Å². The third kappa shape index (κ3) is 7.97. The van der Waals surface area contributed by atoms with E-state index in [-0.39, 0.29) is 48.9 Å². The number of esters is 2. The summed E-state index contributed by atoms with van der Waals surface area (Å²) in [6.07, 6.45) is -1.49. The molecule has 2 aromatic carbocycles. The summed E-state index contributed by atoms with van der Waals surface area (Å²) in [7, 11) is 0. The van der Waals surface area contributed by atoms with E-state index in [9.17, 15) is 19.2 Å². The SMILES string of the molecule is C=C(C)C(=O)OCCNC(=O)Oc1ccc(OC(=O)NCCOC(=O)C(=C)C)c2ccccc12. The maximum absolute atomic E-state index is 12.1. The van der Waals surface area contributed by atoms with Gasteiger partial charge in [-0.2, -0.15) is 0 Å². The molecule has 2 N–H and O–H groups in total. The van der Waals surface area contributed by atoms with E-state index in [1.807, 2.05) is 0 Å². The molecule has 0 fully saturated rings. The van der Waals surface area contributed by atoms with Gasteiger partial charge in [0.15, 0.2) is 0 Å². The van der Waals surface area contributed by atoms with Crippen LogP contribution in [0.5, 0.6) is 11.5 Å². The van der Waals surface area contributed by atoms with E-state index in [0.29, 0.717) is 10.8 Å². The third-order valence-corrected chi connectivity index (χ3v) is 4.16. The van der Waals surface area contributed by atoms with Crippen molar-refractivity contribution >= 4 is 34.9 Å². The van der Waals surface area contributed by atoms with Crippen molar-refractivity contribution in [3.63, 3.8) is 0 Å². The molecule has 0 unspecified atom stereocenters. The molecular formula is C24H26N2O8. The molecule has 180 valence electrons. The zero-order valence-corrected chi connectivity index (χ0v) is 19.0. The highest BCUT2D eigenvalue weighted by atomic mass is 16.6. The number of hydrogen-bond donors (Lipinski definition) is 2. The summed E-state index contributed by atoms with van der Waals surface area (Å²) in [4.78, 5) is 46.9. The zero-order valence-electron chi connectivity index (χ0n) is 19.0. The fourth-order valence-electron chi connectivity index (χ4n) is 2.53. The van der Waals surface area contributed by atoms with Crippen LogP contribution in [0.3, 0.4) is 0 Å². The molecule has 0 radical (unpaired) electrons. The highest BCUT2D eigenvalue weighted by molar-refractivity contribution is 5.96. The molecule has 0 saturated carbocycles. The van der Waals surface area contributed by atoms with E-state index in [4.69, 9.17) is 18.9 Å². The average molecular weight is 470 g/mol. The quantitative estimate of drug-likeness (QED) is 0.308. The van der Waals surface area contributed by atoms with Crippen LogP contribution in [-0.2, 0) is 19.1 Å². The van der Waals surface area contributed by atoms with Crippen LogP contribution < -0.4 is 20.1 Å². The number of benzene rings is 2. The van der Waals surface area contributed by atoms with Crippen LogP contribution in [-0.4, -0.2) is 50.4 Å². The second-order valence-electron chi connectivity index (χ2n) is 7.07. The first kappa shape index (κ1) is 25.9. The Morgan fingerprint density at radius 2 is 1.09 bits per heavy atom. The highest BCUT2D eigenvalue weighted by Gasteiger charge is 2.14. The van der Waals surface area contributed by atoms with Gasteiger partial charge in [0.05, 0.1) is 13.1 Å². The van der Waals surface area contributed by atoms with Crippen LogP contribution in [0.4, 0.5) is 9.59 Å². The number of ether oxygens (including phenoxy) is 4. The van der Waals surface area contributed by atoms with Gasteiger partial charge in [0, 0.05) is 21.9 Å². The summed E-state index contributed by atoms with van der Waals surface area (Å²) >= 11 is 0. The van der Waals surface area contributed by atoms with E-state index >= 15 is 0 Å². The number of nitrogens with one attached hydrogen (secondary N) is 2. The topological polar surface area (TPSA) is 129 Å². The van der Waals surface area contributed by atoms with Gasteiger partial charge in [-0.25, -0.2) is 19.2 Å². The zero-order chi connectivity index (χ0) is 25.1. The minimum atomic E-state index is -0.743. The number of carbonyl (C=O) groups is 4. The van der Waals surface area contributed by atoms with Gasteiger partial charge < -0.3 is 29.6 Å². The Bertz CT molecular complexity index is 1020. The smallest absolute Gasteiger partial charge is 0.412 e. The molecule has 10 heteroatoms. The monoisotopic (exact) mass is 470 g/mol. The first-order valence-electron chi connectivity index (χ1n) is 10.3. The summed E-state index contributed by atoms with van der Waals surface area (Å²) in [5.74, 6) is -0.611. The number of fused-ring (bicyclic) bond motifs is 1. The van der Waals surface area contributed by atoms with Gasteiger partial charge in [-0.1, -0.05) is 37.4 Å². The molecule has 10 nitrogen and oxygen atoms in total. The number of hydrogen-bond acceptors (Lipinski definition) is 8. The summed E-state index contributed by atoms with van der Waals surface area (Å²) in [6.45, 7) is 10.0. The Morgan fingerprint density at radius 1 is 0.706 bits per heavy atom. The molecule has 0 heterocycles. The fraction of sp³-hybridized carbons (Fsp3) is 0.250. The molecule has 0 aromatic heterocycles. The Balaban J connectivity index is 1.94. The van der Waals surface area contributed by atoms with Gasteiger partial charge in [0.25, 0.3) is 0 Å². The number of rotatable bonds is 10. The Morgan fingerprint density at radius 3 is 1.44 bits per heavy atom. The summed E-state index contributed by atoms with van der Waals surface area (Å²) in [6, 6.07) is 9.86. The van der Waals surface area contributed by atoms with E-state index in [2.05, 4.69) is 23.8 Å². The summed E-state index contributed by atoms with van der Waals surface area (Å²) in [5, 5.41) is 6.02. The van der Waals surface area contributed by atoms with E-state index in [0.717, 1.165) is 0 Å². The summed E-state index contributed by atoms with van der Waals surface area (Å²) < 4.78 is 20.5.